The first-order valence-electron chi connectivity index (χ1n) is 9.77. The largest absolute Gasteiger partial charge is 0.458 e. The summed E-state index contributed by atoms with van der Waals surface area (Å²) in [7, 11) is 0. The molecule has 0 spiro atoms. The number of piperidine rings is 1. The molecule has 2 atom stereocenters. The lowest BCUT2D eigenvalue weighted by Gasteiger charge is -2.35. The third kappa shape index (κ3) is 3.68. The molecule has 6 rings (SSSR count). The standard InChI is InChI=1S/C21H25N5O/c1-2-16(10-22-8-1)11-25-12-17-3-4-18(14-25)26(13-17)15-19-5-6-21(27-19)20-7-9-23-24-20/h1-2,5-10,17-18H,3-4,11-15H2,(H,23,24)/t17-,18+/m0/s1. The first-order chi connectivity index (χ1) is 13.3. The molecule has 3 aromatic heterocycles. The molecule has 0 unspecified atom stereocenters. The Morgan fingerprint density at radius 1 is 1.04 bits per heavy atom. The maximum absolute atomic E-state index is 6.07. The second-order valence-electron chi connectivity index (χ2n) is 7.82. The summed E-state index contributed by atoms with van der Waals surface area (Å²) in [6, 6.07) is 10.9. The number of hydrogen-bond donors (Lipinski definition) is 1. The SMILES string of the molecule is c1cncc(CN2C[C@@H]3CC[C@H](C2)N(Cc2ccc(-c4ccn[nH]4)o2)C3)c1. The van der Waals surface area contributed by atoms with Gasteiger partial charge in [-0.15, -0.1) is 0 Å². The summed E-state index contributed by atoms with van der Waals surface area (Å²) in [5, 5.41) is 6.97. The van der Waals surface area contributed by atoms with E-state index in [9.17, 15) is 0 Å². The Morgan fingerprint density at radius 3 is 2.89 bits per heavy atom. The van der Waals surface area contributed by atoms with Crippen molar-refractivity contribution in [2.24, 2.45) is 5.92 Å². The lowest BCUT2D eigenvalue weighted by atomic mass is 9.95. The fourth-order valence-corrected chi connectivity index (χ4v) is 4.55. The molecule has 3 saturated heterocycles. The number of H-pyrrole nitrogens is 1. The normalized spacial score (nSPS) is 23.6. The third-order valence-electron chi connectivity index (χ3n) is 5.82. The highest BCUT2D eigenvalue weighted by atomic mass is 16.3. The van der Waals surface area contributed by atoms with Gasteiger partial charge in [0.05, 0.1) is 6.54 Å². The van der Waals surface area contributed by atoms with Crippen LogP contribution >= 0.6 is 0 Å². The number of aromatic amines is 1. The molecule has 3 aromatic rings. The van der Waals surface area contributed by atoms with E-state index in [0.717, 1.165) is 49.3 Å². The summed E-state index contributed by atoms with van der Waals surface area (Å²) in [5.41, 5.74) is 2.24. The Labute approximate surface area is 159 Å². The Bertz CT molecular complexity index is 860. The van der Waals surface area contributed by atoms with Gasteiger partial charge in [0, 0.05) is 50.8 Å². The van der Waals surface area contributed by atoms with Crippen LogP contribution in [0.4, 0.5) is 0 Å². The van der Waals surface area contributed by atoms with Gasteiger partial charge in [-0.1, -0.05) is 6.07 Å². The Morgan fingerprint density at radius 2 is 2.04 bits per heavy atom. The molecule has 3 fully saturated rings. The molecule has 0 amide bonds. The van der Waals surface area contributed by atoms with Crippen LogP contribution in [-0.2, 0) is 13.1 Å². The van der Waals surface area contributed by atoms with E-state index in [-0.39, 0.29) is 0 Å². The van der Waals surface area contributed by atoms with E-state index in [1.165, 1.54) is 24.9 Å². The van der Waals surface area contributed by atoms with Crippen molar-refractivity contribution in [3.63, 3.8) is 0 Å². The molecule has 27 heavy (non-hydrogen) atoms. The first-order valence-corrected chi connectivity index (χ1v) is 9.77. The van der Waals surface area contributed by atoms with Crippen LogP contribution in [0.3, 0.4) is 0 Å². The van der Waals surface area contributed by atoms with E-state index < -0.39 is 0 Å². The van der Waals surface area contributed by atoms with Crippen LogP contribution in [0.5, 0.6) is 0 Å². The van der Waals surface area contributed by atoms with E-state index in [0.29, 0.717) is 6.04 Å². The number of furan rings is 1. The van der Waals surface area contributed by atoms with Crippen molar-refractivity contribution >= 4 is 0 Å². The number of pyridine rings is 1. The van der Waals surface area contributed by atoms with Crippen molar-refractivity contribution in [2.45, 2.75) is 32.0 Å². The van der Waals surface area contributed by atoms with Crippen LogP contribution in [0.2, 0.25) is 0 Å². The highest BCUT2D eigenvalue weighted by molar-refractivity contribution is 5.51. The van der Waals surface area contributed by atoms with Crippen molar-refractivity contribution in [2.75, 3.05) is 19.6 Å². The number of rotatable bonds is 5. The van der Waals surface area contributed by atoms with Gasteiger partial charge < -0.3 is 4.42 Å². The molecule has 6 heterocycles. The fraction of sp³-hybridized carbons (Fsp3) is 0.429. The fourth-order valence-electron chi connectivity index (χ4n) is 4.55. The van der Waals surface area contributed by atoms with Crippen LogP contribution < -0.4 is 0 Å². The van der Waals surface area contributed by atoms with Gasteiger partial charge in [0.15, 0.2) is 5.76 Å². The summed E-state index contributed by atoms with van der Waals surface area (Å²) in [5.74, 6) is 2.63. The maximum atomic E-state index is 6.07. The monoisotopic (exact) mass is 363 g/mol. The molecule has 3 aliphatic heterocycles. The van der Waals surface area contributed by atoms with Gasteiger partial charge in [0.2, 0.25) is 0 Å². The quantitative estimate of drug-likeness (QED) is 0.754. The van der Waals surface area contributed by atoms with Gasteiger partial charge in [-0.3, -0.25) is 19.9 Å². The highest BCUT2D eigenvalue weighted by Gasteiger charge is 2.35. The van der Waals surface area contributed by atoms with E-state index in [1.54, 1.807) is 6.20 Å². The molecule has 0 aromatic carbocycles. The lowest BCUT2D eigenvalue weighted by Crippen LogP contribution is -2.43. The Kier molecular flexibility index (Phi) is 4.51. The van der Waals surface area contributed by atoms with Crippen LogP contribution in [0, 0.1) is 5.92 Å². The van der Waals surface area contributed by atoms with Crippen molar-refractivity contribution in [3.8, 4) is 11.5 Å². The summed E-state index contributed by atoms with van der Waals surface area (Å²) in [6.07, 6.45) is 8.20. The molecular weight excluding hydrogens is 338 g/mol. The van der Waals surface area contributed by atoms with Crippen molar-refractivity contribution < 1.29 is 4.42 Å². The number of fused-ring (bicyclic) bond motifs is 4. The zero-order valence-electron chi connectivity index (χ0n) is 15.4. The van der Waals surface area contributed by atoms with Crippen LogP contribution in [0.1, 0.15) is 24.2 Å². The topological polar surface area (TPSA) is 61.2 Å². The summed E-state index contributed by atoms with van der Waals surface area (Å²) < 4.78 is 6.07. The van der Waals surface area contributed by atoms with Crippen molar-refractivity contribution in [3.05, 3.63) is 60.2 Å². The molecule has 0 aliphatic carbocycles. The molecule has 3 aliphatic rings. The van der Waals surface area contributed by atoms with Crippen molar-refractivity contribution in [1.29, 1.82) is 0 Å². The molecule has 6 nitrogen and oxygen atoms in total. The van der Waals surface area contributed by atoms with E-state index in [1.807, 2.05) is 30.6 Å². The van der Waals surface area contributed by atoms with Crippen LogP contribution in [0.25, 0.3) is 11.5 Å². The first kappa shape index (κ1) is 16.7. The average Bonchev–Trinajstić information content (AvgIpc) is 3.30. The zero-order valence-corrected chi connectivity index (χ0v) is 15.4. The molecule has 2 bridgehead atoms. The van der Waals surface area contributed by atoms with E-state index in [2.05, 4.69) is 37.1 Å². The second-order valence-corrected chi connectivity index (χ2v) is 7.82. The van der Waals surface area contributed by atoms with Crippen LogP contribution in [-0.4, -0.2) is 50.7 Å². The Hall–Kier alpha value is -2.44. The minimum absolute atomic E-state index is 0.598. The van der Waals surface area contributed by atoms with Gasteiger partial charge in [-0.2, -0.15) is 5.10 Å². The third-order valence-corrected chi connectivity index (χ3v) is 5.82. The number of hydrogen-bond acceptors (Lipinski definition) is 5. The predicted octanol–water partition coefficient (Wildman–Crippen LogP) is 3.16. The molecular formula is C21H25N5O. The summed E-state index contributed by atoms with van der Waals surface area (Å²) in [4.78, 5) is 9.49. The van der Waals surface area contributed by atoms with Gasteiger partial charge in [0.1, 0.15) is 11.5 Å². The number of nitrogens with zero attached hydrogens (tertiary/aromatic N) is 4. The maximum Gasteiger partial charge on any atom is 0.152 e. The zero-order chi connectivity index (χ0) is 18.1. The van der Waals surface area contributed by atoms with Gasteiger partial charge in [0.25, 0.3) is 0 Å². The predicted molar refractivity (Wildman–Crippen MR) is 103 cm³/mol. The lowest BCUT2D eigenvalue weighted by molar-refractivity contribution is 0.114. The average molecular weight is 363 g/mol. The number of aromatic nitrogens is 3. The van der Waals surface area contributed by atoms with Gasteiger partial charge in [-0.05, 0) is 48.6 Å². The molecule has 0 radical (unpaired) electrons. The Balaban J connectivity index is 1.26. The summed E-state index contributed by atoms with van der Waals surface area (Å²) >= 11 is 0. The smallest absolute Gasteiger partial charge is 0.152 e. The van der Waals surface area contributed by atoms with Gasteiger partial charge in [-0.25, -0.2) is 0 Å². The van der Waals surface area contributed by atoms with E-state index >= 15 is 0 Å². The van der Waals surface area contributed by atoms with E-state index in [4.69, 9.17) is 4.42 Å². The molecule has 1 N–H and O–H groups in total. The minimum atomic E-state index is 0.598. The van der Waals surface area contributed by atoms with Gasteiger partial charge >= 0.3 is 0 Å². The number of nitrogens with one attached hydrogen (secondary N) is 1. The second kappa shape index (κ2) is 7.29. The molecule has 0 saturated carbocycles. The molecule has 140 valence electrons. The molecule has 6 heteroatoms. The summed E-state index contributed by atoms with van der Waals surface area (Å²) in [6.45, 7) is 5.35. The van der Waals surface area contributed by atoms with Crippen molar-refractivity contribution in [1.82, 2.24) is 25.0 Å². The minimum Gasteiger partial charge on any atom is -0.458 e. The van der Waals surface area contributed by atoms with Crippen LogP contribution in [0.15, 0.2) is 53.3 Å². The highest BCUT2D eigenvalue weighted by Crippen LogP contribution is 2.30.